The highest BCUT2D eigenvalue weighted by Crippen LogP contribution is 2.18. The molecule has 0 spiro atoms. The molecule has 0 fully saturated rings. The van der Waals surface area contributed by atoms with Crippen molar-refractivity contribution in [1.29, 1.82) is 0 Å². The van der Waals surface area contributed by atoms with Gasteiger partial charge in [-0.25, -0.2) is 13.1 Å². The average Bonchev–Trinajstić information content (AvgIpc) is 2.61. The van der Waals surface area contributed by atoms with Crippen LogP contribution < -0.4 is 14.8 Å². The summed E-state index contributed by atoms with van der Waals surface area (Å²) in [6.45, 7) is 1.77. The van der Waals surface area contributed by atoms with Gasteiger partial charge in [0, 0.05) is 18.6 Å². The molecule has 0 unspecified atom stereocenters. The molecule has 2 aromatic rings. The molecule has 0 aliphatic carbocycles. The summed E-state index contributed by atoms with van der Waals surface area (Å²) in [5.41, 5.74) is 0.798. The number of ether oxygens (including phenoxy) is 1. The SMILES string of the molecule is CNC(=O)[C@H](C)Oc1ccc(S(=O)(=O)NCc2ccc(Cl)cc2)cc1. The number of benzene rings is 2. The Labute approximate surface area is 152 Å². The standard InChI is InChI=1S/C17H19ClN2O4S/c1-12(17(21)19-2)24-15-7-9-16(10-8-15)25(22,23)20-11-13-3-5-14(18)6-4-13/h3-10,12,20H,11H2,1-2H3,(H,19,21)/t12-/m0/s1. The highest BCUT2D eigenvalue weighted by atomic mass is 35.5. The largest absolute Gasteiger partial charge is 0.481 e. The molecule has 6 nitrogen and oxygen atoms in total. The topological polar surface area (TPSA) is 84.5 Å². The third-order valence-corrected chi connectivity index (χ3v) is 5.11. The molecule has 0 bridgehead atoms. The van der Waals surface area contributed by atoms with E-state index in [0.717, 1.165) is 5.56 Å². The molecule has 0 saturated heterocycles. The molecule has 2 rings (SSSR count). The third-order valence-electron chi connectivity index (χ3n) is 3.44. The number of carbonyl (C=O) groups is 1. The minimum absolute atomic E-state index is 0.112. The van der Waals surface area contributed by atoms with E-state index in [0.29, 0.717) is 10.8 Å². The first-order valence-corrected chi connectivity index (χ1v) is 9.40. The van der Waals surface area contributed by atoms with Gasteiger partial charge >= 0.3 is 0 Å². The van der Waals surface area contributed by atoms with Crippen molar-refractivity contribution in [1.82, 2.24) is 10.0 Å². The monoisotopic (exact) mass is 382 g/mol. The van der Waals surface area contributed by atoms with E-state index in [4.69, 9.17) is 16.3 Å². The molecule has 0 saturated carbocycles. The van der Waals surface area contributed by atoms with Gasteiger partial charge in [0.05, 0.1) is 4.90 Å². The molecule has 1 amide bonds. The minimum atomic E-state index is -3.65. The van der Waals surface area contributed by atoms with Crippen LogP contribution in [-0.4, -0.2) is 27.5 Å². The third kappa shape index (κ3) is 5.45. The summed E-state index contributed by atoms with van der Waals surface area (Å²) in [7, 11) is -2.13. The molecule has 0 aliphatic rings. The Morgan fingerprint density at radius 3 is 2.28 bits per heavy atom. The number of amides is 1. The zero-order valence-electron chi connectivity index (χ0n) is 13.8. The van der Waals surface area contributed by atoms with Gasteiger partial charge in [-0.1, -0.05) is 23.7 Å². The van der Waals surface area contributed by atoms with Gasteiger partial charge in [-0.2, -0.15) is 0 Å². The summed E-state index contributed by atoms with van der Waals surface area (Å²) in [5.74, 6) is 0.147. The average molecular weight is 383 g/mol. The summed E-state index contributed by atoms with van der Waals surface area (Å²) < 4.78 is 32.6. The second-order valence-corrected chi connectivity index (χ2v) is 7.50. The van der Waals surface area contributed by atoms with Crippen LogP contribution in [0.15, 0.2) is 53.4 Å². The Morgan fingerprint density at radius 2 is 1.72 bits per heavy atom. The van der Waals surface area contributed by atoms with Crippen LogP contribution in [0.25, 0.3) is 0 Å². The van der Waals surface area contributed by atoms with Crippen molar-refractivity contribution in [2.75, 3.05) is 7.05 Å². The van der Waals surface area contributed by atoms with Crippen LogP contribution in [0.4, 0.5) is 0 Å². The normalized spacial score (nSPS) is 12.4. The fourth-order valence-corrected chi connectivity index (χ4v) is 3.17. The first-order chi connectivity index (χ1) is 11.8. The smallest absolute Gasteiger partial charge is 0.260 e. The van der Waals surface area contributed by atoms with Crippen molar-refractivity contribution in [3.05, 3.63) is 59.1 Å². The molecule has 2 N–H and O–H groups in total. The number of carbonyl (C=O) groups excluding carboxylic acids is 1. The highest BCUT2D eigenvalue weighted by Gasteiger charge is 2.16. The van der Waals surface area contributed by atoms with E-state index in [2.05, 4.69) is 10.0 Å². The van der Waals surface area contributed by atoms with Crippen LogP contribution in [0, 0.1) is 0 Å². The van der Waals surface area contributed by atoms with Crippen molar-refractivity contribution < 1.29 is 17.9 Å². The van der Waals surface area contributed by atoms with E-state index in [1.165, 1.54) is 31.3 Å². The Kier molecular flexibility index (Phi) is 6.41. The number of sulfonamides is 1. The lowest BCUT2D eigenvalue weighted by Crippen LogP contribution is -2.33. The molecule has 8 heteroatoms. The van der Waals surface area contributed by atoms with Gasteiger partial charge in [-0.15, -0.1) is 0 Å². The lowest BCUT2D eigenvalue weighted by atomic mass is 10.2. The lowest BCUT2D eigenvalue weighted by Gasteiger charge is -2.13. The highest BCUT2D eigenvalue weighted by molar-refractivity contribution is 7.89. The summed E-state index contributed by atoms with van der Waals surface area (Å²) in [5, 5.41) is 3.07. The van der Waals surface area contributed by atoms with Crippen LogP contribution in [-0.2, 0) is 21.4 Å². The van der Waals surface area contributed by atoms with E-state index in [1.807, 2.05) is 0 Å². The Morgan fingerprint density at radius 1 is 1.12 bits per heavy atom. The summed E-state index contributed by atoms with van der Waals surface area (Å²) in [4.78, 5) is 11.5. The minimum Gasteiger partial charge on any atom is -0.481 e. The molecule has 0 heterocycles. The second kappa shape index (κ2) is 8.33. The predicted octanol–water partition coefficient (Wildman–Crippen LogP) is 2.33. The number of likely N-dealkylation sites (N-methyl/N-ethyl adjacent to an activating group) is 1. The summed E-state index contributed by atoms with van der Waals surface area (Å²) in [6.07, 6.45) is -0.671. The van der Waals surface area contributed by atoms with Crippen LogP contribution in [0.1, 0.15) is 12.5 Å². The molecule has 0 radical (unpaired) electrons. The van der Waals surface area contributed by atoms with Crippen LogP contribution in [0.2, 0.25) is 5.02 Å². The van der Waals surface area contributed by atoms with Crippen molar-refractivity contribution in [2.45, 2.75) is 24.5 Å². The molecule has 2 aromatic carbocycles. The van der Waals surface area contributed by atoms with Gasteiger partial charge in [0.2, 0.25) is 10.0 Å². The zero-order valence-corrected chi connectivity index (χ0v) is 15.4. The number of hydrogen-bond acceptors (Lipinski definition) is 4. The fourth-order valence-electron chi connectivity index (χ4n) is 2.02. The van der Waals surface area contributed by atoms with Gasteiger partial charge in [0.15, 0.2) is 6.10 Å². The van der Waals surface area contributed by atoms with Crippen LogP contribution in [0.3, 0.4) is 0 Å². The van der Waals surface area contributed by atoms with Crippen molar-refractivity contribution in [2.24, 2.45) is 0 Å². The van der Waals surface area contributed by atoms with E-state index >= 15 is 0 Å². The van der Waals surface area contributed by atoms with E-state index < -0.39 is 16.1 Å². The molecule has 134 valence electrons. The molecular formula is C17H19ClN2O4S. The number of halogens is 1. The maximum Gasteiger partial charge on any atom is 0.260 e. The van der Waals surface area contributed by atoms with Gasteiger partial charge in [0.25, 0.3) is 5.91 Å². The van der Waals surface area contributed by atoms with Crippen LogP contribution >= 0.6 is 11.6 Å². The maximum absolute atomic E-state index is 12.3. The van der Waals surface area contributed by atoms with E-state index in [9.17, 15) is 13.2 Å². The predicted molar refractivity (Wildman–Crippen MR) is 96.1 cm³/mol. The quantitative estimate of drug-likeness (QED) is 0.769. The Hall–Kier alpha value is -2.09. The first-order valence-electron chi connectivity index (χ1n) is 7.54. The van der Waals surface area contributed by atoms with Gasteiger partial charge in [0.1, 0.15) is 5.75 Å². The molecule has 1 atom stereocenters. The number of rotatable bonds is 7. The maximum atomic E-state index is 12.3. The van der Waals surface area contributed by atoms with Crippen molar-refractivity contribution in [3.63, 3.8) is 0 Å². The fraction of sp³-hybridized carbons (Fsp3) is 0.235. The number of nitrogens with one attached hydrogen (secondary N) is 2. The molecular weight excluding hydrogens is 364 g/mol. The Bertz CT molecular complexity index is 821. The lowest BCUT2D eigenvalue weighted by molar-refractivity contribution is -0.126. The molecule has 0 aliphatic heterocycles. The zero-order chi connectivity index (χ0) is 18.4. The van der Waals surface area contributed by atoms with Gasteiger partial charge in [-0.3, -0.25) is 4.79 Å². The summed E-state index contributed by atoms with van der Waals surface area (Å²) in [6, 6.07) is 12.8. The van der Waals surface area contributed by atoms with E-state index in [1.54, 1.807) is 31.2 Å². The number of hydrogen-bond donors (Lipinski definition) is 2. The second-order valence-electron chi connectivity index (χ2n) is 5.30. The van der Waals surface area contributed by atoms with Crippen LogP contribution in [0.5, 0.6) is 5.75 Å². The Balaban J connectivity index is 2.02. The van der Waals surface area contributed by atoms with Crippen molar-refractivity contribution >= 4 is 27.5 Å². The molecule has 25 heavy (non-hydrogen) atoms. The van der Waals surface area contributed by atoms with E-state index in [-0.39, 0.29) is 17.3 Å². The van der Waals surface area contributed by atoms with Gasteiger partial charge < -0.3 is 10.1 Å². The first kappa shape index (κ1) is 19.2. The van der Waals surface area contributed by atoms with Gasteiger partial charge in [-0.05, 0) is 48.9 Å². The summed E-state index contributed by atoms with van der Waals surface area (Å²) >= 11 is 5.80. The van der Waals surface area contributed by atoms with Crippen molar-refractivity contribution in [3.8, 4) is 5.75 Å². The molecule has 0 aromatic heterocycles.